The van der Waals surface area contributed by atoms with Gasteiger partial charge in [0.25, 0.3) is 0 Å². The summed E-state index contributed by atoms with van der Waals surface area (Å²) in [6.07, 6.45) is 0.963. The Morgan fingerprint density at radius 2 is 1.55 bits per heavy atom. The summed E-state index contributed by atoms with van der Waals surface area (Å²) in [5.41, 5.74) is 2.27. The predicted octanol–water partition coefficient (Wildman–Crippen LogP) is 5.65. The van der Waals surface area contributed by atoms with E-state index in [0.717, 1.165) is 22.8 Å². The summed E-state index contributed by atoms with van der Waals surface area (Å²) in [4.78, 5) is 0. The van der Waals surface area contributed by atoms with Gasteiger partial charge in [-0.2, -0.15) is 0 Å². The molecule has 0 bridgehead atoms. The van der Waals surface area contributed by atoms with Gasteiger partial charge in [-0.15, -0.1) is 11.6 Å². The smallest absolute Gasteiger partial charge is 0.119 e. The van der Waals surface area contributed by atoms with Crippen LogP contribution in [-0.2, 0) is 6.42 Å². The van der Waals surface area contributed by atoms with Crippen LogP contribution in [0.3, 0.4) is 0 Å². The van der Waals surface area contributed by atoms with Crippen molar-refractivity contribution in [1.29, 1.82) is 0 Å². The van der Waals surface area contributed by atoms with Gasteiger partial charge in [0, 0.05) is 5.02 Å². The van der Waals surface area contributed by atoms with Gasteiger partial charge in [0.1, 0.15) is 5.75 Å². The molecule has 1 atom stereocenters. The zero-order valence-corrected chi connectivity index (χ0v) is 13.2. The summed E-state index contributed by atoms with van der Waals surface area (Å²) in [5, 5.41) is 0.694. The van der Waals surface area contributed by atoms with Crippen LogP contribution in [0.1, 0.15) is 30.4 Å². The fourth-order valence-electron chi connectivity index (χ4n) is 1.97. The monoisotopic (exact) mass is 308 g/mol. The van der Waals surface area contributed by atoms with Crippen molar-refractivity contribution >= 4 is 23.2 Å². The molecule has 2 aromatic rings. The van der Waals surface area contributed by atoms with E-state index < -0.39 is 0 Å². The quantitative estimate of drug-likeness (QED) is 0.648. The van der Waals surface area contributed by atoms with Crippen LogP contribution in [0.5, 0.6) is 5.75 Å². The molecule has 0 heterocycles. The molecule has 0 fully saturated rings. The molecule has 0 amide bonds. The fourth-order valence-corrected chi connectivity index (χ4v) is 2.42. The minimum Gasteiger partial charge on any atom is -0.491 e. The highest BCUT2D eigenvalue weighted by molar-refractivity contribution is 6.30. The Labute approximate surface area is 130 Å². The molecule has 0 saturated carbocycles. The Morgan fingerprint density at radius 1 is 0.950 bits per heavy atom. The molecular weight excluding hydrogens is 291 g/mol. The number of rotatable bonds is 5. The molecule has 0 aliphatic rings. The van der Waals surface area contributed by atoms with Crippen LogP contribution in [0, 0.1) is 0 Å². The first-order valence-electron chi connectivity index (χ1n) is 6.69. The minimum absolute atomic E-state index is 0.0516. The number of hydrogen-bond donors (Lipinski definition) is 0. The first-order valence-corrected chi connectivity index (χ1v) is 7.51. The molecule has 3 heteroatoms. The Hall–Kier alpha value is -1.18. The van der Waals surface area contributed by atoms with Gasteiger partial charge in [0.05, 0.1) is 11.5 Å². The van der Waals surface area contributed by atoms with Gasteiger partial charge in [-0.1, -0.05) is 35.9 Å². The summed E-state index contributed by atoms with van der Waals surface area (Å²) in [5.74, 6) is 0.874. The van der Waals surface area contributed by atoms with Gasteiger partial charge in [0.15, 0.2) is 0 Å². The molecule has 0 N–H and O–H groups in total. The Morgan fingerprint density at radius 3 is 2.10 bits per heavy atom. The molecule has 0 radical (unpaired) electrons. The second-order valence-electron chi connectivity index (χ2n) is 5.03. The van der Waals surface area contributed by atoms with Crippen molar-refractivity contribution < 1.29 is 4.74 Å². The standard InChI is InChI=1S/C17H18Cl2O/c1-12(2)20-16-9-5-14(6-10-16)17(19)11-13-3-7-15(18)8-4-13/h3-10,12,17H,11H2,1-2H3. The summed E-state index contributed by atoms with van der Waals surface area (Å²) in [7, 11) is 0. The highest BCUT2D eigenvalue weighted by Gasteiger charge is 2.09. The van der Waals surface area contributed by atoms with E-state index in [2.05, 4.69) is 0 Å². The van der Waals surface area contributed by atoms with Crippen LogP contribution >= 0.6 is 23.2 Å². The SMILES string of the molecule is CC(C)Oc1ccc(C(Cl)Cc2ccc(Cl)cc2)cc1. The molecular formula is C17H18Cl2O. The topological polar surface area (TPSA) is 9.23 Å². The lowest BCUT2D eigenvalue weighted by molar-refractivity contribution is 0.242. The van der Waals surface area contributed by atoms with Crippen molar-refractivity contribution in [3.63, 3.8) is 0 Å². The van der Waals surface area contributed by atoms with E-state index in [1.807, 2.05) is 62.4 Å². The average Bonchev–Trinajstić information content (AvgIpc) is 2.41. The summed E-state index contributed by atoms with van der Waals surface area (Å²) in [6, 6.07) is 15.8. The molecule has 1 nitrogen and oxygen atoms in total. The summed E-state index contributed by atoms with van der Waals surface area (Å²) < 4.78 is 5.62. The zero-order chi connectivity index (χ0) is 14.5. The van der Waals surface area contributed by atoms with Crippen LogP contribution in [0.2, 0.25) is 5.02 Å². The third kappa shape index (κ3) is 4.43. The molecule has 20 heavy (non-hydrogen) atoms. The number of alkyl halides is 1. The van der Waals surface area contributed by atoms with Gasteiger partial charge < -0.3 is 4.74 Å². The first kappa shape index (κ1) is 15.2. The van der Waals surface area contributed by atoms with Crippen LogP contribution in [0.25, 0.3) is 0 Å². The number of benzene rings is 2. The van der Waals surface area contributed by atoms with Crippen molar-refractivity contribution in [2.45, 2.75) is 31.7 Å². The maximum absolute atomic E-state index is 6.46. The van der Waals surface area contributed by atoms with Gasteiger partial charge in [0.2, 0.25) is 0 Å². The molecule has 0 aliphatic carbocycles. The van der Waals surface area contributed by atoms with Crippen LogP contribution < -0.4 is 4.74 Å². The second-order valence-corrected chi connectivity index (χ2v) is 6.00. The van der Waals surface area contributed by atoms with Crippen molar-refractivity contribution in [2.24, 2.45) is 0 Å². The molecule has 1 unspecified atom stereocenters. The van der Waals surface area contributed by atoms with Crippen LogP contribution in [0.15, 0.2) is 48.5 Å². The summed E-state index contributed by atoms with van der Waals surface area (Å²) >= 11 is 12.3. The number of halogens is 2. The third-order valence-corrected chi connectivity index (χ3v) is 3.60. The predicted molar refractivity (Wildman–Crippen MR) is 86.0 cm³/mol. The normalized spacial score (nSPS) is 12.4. The van der Waals surface area contributed by atoms with Crippen LogP contribution in [-0.4, -0.2) is 6.10 Å². The van der Waals surface area contributed by atoms with E-state index in [1.165, 1.54) is 5.56 Å². The lowest BCUT2D eigenvalue weighted by atomic mass is 10.0. The van der Waals surface area contributed by atoms with Crippen molar-refractivity contribution in [1.82, 2.24) is 0 Å². The number of hydrogen-bond acceptors (Lipinski definition) is 1. The van der Waals surface area contributed by atoms with E-state index in [9.17, 15) is 0 Å². The molecule has 0 saturated heterocycles. The van der Waals surface area contributed by atoms with E-state index in [-0.39, 0.29) is 11.5 Å². The van der Waals surface area contributed by atoms with Crippen molar-refractivity contribution in [3.8, 4) is 5.75 Å². The zero-order valence-electron chi connectivity index (χ0n) is 11.6. The molecule has 0 spiro atoms. The average molecular weight is 309 g/mol. The Balaban J connectivity index is 2.01. The van der Waals surface area contributed by atoms with E-state index in [4.69, 9.17) is 27.9 Å². The van der Waals surface area contributed by atoms with E-state index in [0.29, 0.717) is 0 Å². The number of ether oxygens (including phenoxy) is 1. The molecule has 0 aliphatic heterocycles. The van der Waals surface area contributed by atoms with Crippen molar-refractivity contribution in [3.05, 3.63) is 64.7 Å². The Bertz CT molecular complexity index is 532. The largest absolute Gasteiger partial charge is 0.491 e. The second kappa shape index (κ2) is 7.01. The van der Waals surface area contributed by atoms with Gasteiger partial charge in [-0.3, -0.25) is 0 Å². The maximum atomic E-state index is 6.46. The Kier molecular flexibility index (Phi) is 5.33. The molecule has 2 rings (SSSR count). The lowest BCUT2D eigenvalue weighted by Crippen LogP contribution is -2.05. The highest BCUT2D eigenvalue weighted by atomic mass is 35.5. The summed E-state index contributed by atoms with van der Waals surface area (Å²) in [6.45, 7) is 4.03. The minimum atomic E-state index is -0.0516. The highest BCUT2D eigenvalue weighted by Crippen LogP contribution is 2.27. The van der Waals surface area contributed by atoms with Gasteiger partial charge in [-0.25, -0.2) is 0 Å². The van der Waals surface area contributed by atoms with Gasteiger partial charge in [-0.05, 0) is 55.7 Å². The molecule has 106 valence electrons. The maximum Gasteiger partial charge on any atom is 0.119 e. The van der Waals surface area contributed by atoms with Crippen LogP contribution in [0.4, 0.5) is 0 Å². The fraction of sp³-hybridized carbons (Fsp3) is 0.294. The molecule has 2 aromatic carbocycles. The lowest BCUT2D eigenvalue weighted by Gasteiger charge is -2.13. The van der Waals surface area contributed by atoms with Crippen molar-refractivity contribution in [2.75, 3.05) is 0 Å². The van der Waals surface area contributed by atoms with Gasteiger partial charge >= 0.3 is 0 Å². The van der Waals surface area contributed by atoms with E-state index >= 15 is 0 Å². The first-order chi connectivity index (χ1) is 9.54. The molecule has 0 aromatic heterocycles. The third-order valence-electron chi connectivity index (χ3n) is 2.94. The van der Waals surface area contributed by atoms with E-state index in [1.54, 1.807) is 0 Å².